The minimum absolute atomic E-state index is 0.0297. The lowest BCUT2D eigenvalue weighted by atomic mass is 9.91. The molecular weight excluding hydrogens is 264 g/mol. The Morgan fingerprint density at radius 1 is 1.25 bits per heavy atom. The van der Waals surface area contributed by atoms with Crippen LogP contribution in [-0.2, 0) is 0 Å². The molecule has 1 aromatic carbocycles. The van der Waals surface area contributed by atoms with Crippen LogP contribution in [0, 0.1) is 23.5 Å². The van der Waals surface area contributed by atoms with E-state index in [1.54, 1.807) is 4.90 Å². The van der Waals surface area contributed by atoms with E-state index < -0.39 is 11.6 Å². The lowest BCUT2D eigenvalue weighted by Crippen LogP contribution is -2.39. The zero-order chi connectivity index (χ0) is 14.9. The molecule has 0 saturated carbocycles. The molecule has 3 N–H and O–H groups in total. The maximum absolute atomic E-state index is 14.2. The minimum atomic E-state index is -0.687. The number of hydrogen-bond acceptors (Lipinski definition) is 3. The third-order valence-electron chi connectivity index (χ3n) is 3.61. The van der Waals surface area contributed by atoms with Gasteiger partial charge in [0, 0.05) is 18.7 Å². The van der Waals surface area contributed by atoms with Crippen LogP contribution in [0.4, 0.5) is 14.5 Å². The number of halogens is 2. The zero-order valence-corrected chi connectivity index (χ0v) is 11.6. The molecule has 1 aliphatic heterocycles. The van der Waals surface area contributed by atoms with E-state index in [2.05, 4.69) is 19.0 Å². The van der Waals surface area contributed by atoms with Gasteiger partial charge >= 0.3 is 0 Å². The van der Waals surface area contributed by atoms with Crippen molar-refractivity contribution in [2.24, 2.45) is 22.7 Å². The van der Waals surface area contributed by atoms with Crippen molar-refractivity contribution in [3.05, 3.63) is 29.3 Å². The van der Waals surface area contributed by atoms with Crippen molar-refractivity contribution in [1.82, 2.24) is 0 Å². The molecule has 2 rings (SSSR count). The molecule has 0 bridgehead atoms. The van der Waals surface area contributed by atoms with E-state index in [9.17, 15) is 8.78 Å². The summed E-state index contributed by atoms with van der Waals surface area (Å²) in [6.07, 6.45) is 1.06. The highest BCUT2D eigenvalue weighted by atomic mass is 19.1. The lowest BCUT2D eigenvalue weighted by molar-refractivity contribution is 0.318. The number of nitrogens with zero attached hydrogens (tertiary/aromatic N) is 2. The highest BCUT2D eigenvalue weighted by Gasteiger charge is 2.26. The molecule has 0 amide bonds. The first-order chi connectivity index (χ1) is 9.42. The smallest absolute Gasteiger partial charge is 0.170 e. The quantitative estimate of drug-likeness (QED) is 0.379. The Kier molecular flexibility index (Phi) is 4.11. The van der Waals surface area contributed by atoms with Gasteiger partial charge in [-0.2, -0.15) is 0 Å². The summed E-state index contributed by atoms with van der Waals surface area (Å²) in [6, 6.07) is 2.19. The summed E-state index contributed by atoms with van der Waals surface area (Å²) in [4.78, 5) is 1.74. The number of amidine groups is 1. The van der Waals surface area contributed by atoms with Crippen LogP contribution in [0.2, 0.25) is 0 Å². The van der Waals surface area contributed by atoms with Crippen molar-refractivity contribution in [2.75, 3.05) is 18.0 Å². The summed E-state index contributed by atoms with van der Waals surface area (Å²) < 4.78 is 28.3. The molecular formula is C14H19F2N3O. The third-order valence-corrected chi connectivity index (χ3v) is 3.61. The van der Waals surface area contributed by atoms with E-state index in [-0.39, 0.29) is 17.1 Å². The topological polar surface area (TPSA) is 61.8 Å². The summed E-state index contributed by atoms with van der Waals surface area (Å²) in [6.45, 7) is 5.40. The largest absolute Gasteiger partial charge is 0.409 e. The SMILES string of the molecule is CC1CC(C)CN(c2c(F)cc(C(N)=NO)cc2F)C1. The molecule has 6 heteroatoms. The Hall–Kier alpha value is -1.85. The van der Waals surface area contributed by atoms with Gasteiger partial charge in [0.25, 0.3) is 0 Å². The van der Waals surface area contributed by atoms with Gasteiger partial charge in [-0.3, -0.25) is 0 Å². The molecule has 1 saturated heterocycles. The minimum Gasteiger partial charge on any atom is -0.409 e. The summed E-state index contributed by atoms with van der Waals surface area (Å²) in [7, 11) is 0. The van der Waals surface area contributed by atoms with Crippen LogP contribution in [0.3, 0.4) is 0 Å². The fourth-order valence-corrected chi connectivity index (χ4v) is 2.92. The monoisotopic (exact) mass is 283 g/mol. The molecule has 0 spiro atoms. The molecule has 2 unspecified atom stereocenters. The van der Waals surface area contributed by atoms with Crippen molar-refractivity contribution < 1.29 is 14.0 Å². The van der Waals surface area contributed by atoms with Crippen molar-refractivity contribution in [2.45, 2.75) is 20.3 Å². The van der Waals surface area contributed by atoms with Gasteiger partial charge in [-0.25, -0.2) is 8.78 Å². The van der Waals surface area contributed by atoms with Crippen LogP contribution < -0.4 is 10.6 Å². The van der Waals surface area contributed by atoms with Crippen LogP contribution in [0.25, 0.3) is 0 Å². The summed E-state index contributed by atoms with van der Waals surface area (Å²) >= 11 is 0. The second-order valence-corrected chi connectivity index (χ2v) is 5.62. The number of benzene rings is 1. The maximum atomic E-state index is 14.2. The van der Waals surface area contributed by atoms with Gasteiger partial charge in [-0.05, 0) is 30.4 Å². The average molecular weight is 283 g/mol. The number of rotatable bonds is 2. The fraction of sp³-hybridized carbons (Fsp3) is 0.500. The highest BCUT2D eigenvalue weighted by molar-refractivity contribution is 5.97. The van der Waals surface area contributed by atoms with Crippen molar-refractivity contribution in [3.8, 4) is 0 Å². The van der Waals surface area contributed by atoms with Crippen LogP contribution in [0.1, 0.15) is 25.8 Å². The normalized spacial score (nSPS) is 24.0. The number of oxime groups is 1. The standard InChI is InChI=1S/C14H19F2N3O/c1-8-3-9(2)7-19(6-8)13-11(15)4-10(5-12(13)16)14(17)18-20/h4-5,8-9,20H,3,6-7H2,1-2H3,(H2,17,18). The molecule has 0 aliphatic carbocycles. The highest BCUT2D eigenvalue weighted by Crippen LogP contribution is 2.31. The van der Waals surface area contributed by atoms with Gasteiger partial charge in [-0.1, -0.05) is 19.0 Å². The van der Waals surface area contributed by atoms with Gasteiger partial charge in [0.05, 0.1) is 0 Å². The van der Waals surface area contributed by atoms with E-state index in [0.717, 1.165) is 18.6 Å². The molecule has 2 atom stereocenters. The average Bonchev–Trinajstić information content (AvgIpc) is 2.35. The van der Waals surface area contributed by atoms with Gasteiger partial charge in [0.2, 0.25) is 0 Å². The Bertz CT molecular complexity index is 500. The van der Waals surface area contributed by atoms with Crippen LogP contribution in [0.5, 0.6) is 0 Å². The molecule has 1 aliphatic rings. The molecule has 110 valence electrons. The van der Waals surface area contributed by atoms with E-state index in [0.29, 0.717) is 24.9 Å². The number of hydrogen-bond donors (Lipinski definition) is 2. The van der Waals surface area contributed by atoms with Crippen molar-refractivity contribution in [3.63, 3.8) is 0 Å². The predicted octanol–water partition coefficient (Wildman–Crippen LogP) is 2.54. The van der Waals surface area contributed by atoms with E-state index in [1.807, 2.05) is 0 Å². The first-order valence-corrected chi connectivity index (χ1v) is 6.64. The summed E-state index contributed by atoms with van der Waals surface area (Å²) in [5, 5.41) is 11.3. The van der Waals surface area contributed by atoms with Gasteiger partial charge < -0.3 is 15.8 Å². The number of piperidine rings is 1. The second-order valence-electron chi connectivity index (χ2n) is 5.62. The van der Waals surface area contributed by atoms with Gasteiger partial charge in [0.1, 0.15) is 17.3 Å². The molecule has 1 fully saturated rings. The summed E-state index contributed by atoms with van der Waals surface area (Å²) in [5.41, 5.74) is 5.36. The van der Waals surface area contributed by atoms with Crippen molar-refractivity contribution >= 4 is 11.5 Å². The fourth-order valence-electron chi connectivity index (χ4n) is 2.92. The first kappa shape index (κ1) is 14.6. The van der Waals surface area contributed by atoms with Crippen molar-refractivity contribution in [1.29, 1.82) is 0 Å². The van der Waals surface area contributed by atoms with Crippen LogP contribution in [0.15, 0.2) is 17.3 Å². The lowest BCUT2D eigenvalue weighted by Gasteiger charge is -2.36. The van der Waals surface area contributed by atoms with E-state index in [1.165, 1.54) is 0 Å². The van der Waals surface area contributed by atoms with Crippen LogP contribution in [-0.4, -0.2) is 24.1 Å². The molecule has 20 heavy (non-hydrogen) atoms. The molecule has 4 nitrogen and oxygen atoms in total. The van der Waals surface area contributed by atoms with Crippen LogP contribution >= 0.6 is 0 Å². The molecule has 0 aromatic heterocycles. The Balaban J connectivity index is 2.37. The third kappa shape index (κ3) is 2.84. The van der Waals surface area contributed by atoms with E-state index in [4.69, 9.17) is 10.9 Å². The molecule has 1 aromatic rings. The summed E-state index contributed by atoms with van der Waals surface area (Å²) in [5.74, 6) is -0.905. The number of nitrogens with two attached hydrogens (primary N) is 1. The van der Waals surface area contributed by atoms with Gasteiger partial charge in [-0.15, -0.1) is 0 Å². The zero-order valence-electron chi connectivity index (χ0n) is 11.6. The molecule has 0 radical (unpaired) electrons. The van der Waals surface area contributed by atoms with E-state index >= 15 is 0 Å². The molecule has 1 heterocycles. The maximum Gasteiger partial charge on any atom is 0.170 e. The number of anilines is 1. The Morgan fingerprint density at radius 3 is 2.20 bits per heavy atom. The Labute approximate surface area is 116 Å². The Morgan fingerprint density at radius 2 is 1.75 bits per heavy atom. The first-order valence-electron chi connectivity index (χ1n) is 6.64. The second kappa shape index (κ2) is 5.64. The predicted molar refractivity (Wildman–Crippen MR) is 74.0 cm³/mol. The van der Waals surface area contributed by atoms with Gasteiger partial charge in [0.15, 0.2) is 5.84 Å².